The largest absolute Gasteiger partial charge is 0.441 e. The van der Waals surface area contributed by atoms with Crippen LogP contribution >= 0.6 is 11.8 Å². The molecule has 0 bridgehead atoms. The number of nitrogens with one attached hydrogen (secondary N) is 1. The number of rotatable bonds is 5. The van der Waals surface area contributed by atoms with E-state index >= 15 is 0 Å². The highest BCUT2D eigenvalue weighted by atomic mass is 32.2. The summed E-state index contributed by atoms with van der Waals surface area (Å²) in [5.74, 6) is 0.242. The summed E-state index contributed by atoms with van der Waals surface area (Å²) in [6.07, 6.45) is 1.54. The third-order valence-electron chi connectivity index (χ3n) is 5.04. The fourth-order valence-corrected chi connectivity index (χ4v) is 4.24. The van der Waals surface area contributed by atoms with Gasteiger partial charge in [-0.2, -0.15) is 0 Å². The quantitative estimate of drug-likeness (QED) is 0.711. The molecule has 2 saturated heterocycles. The normalized spacial score (nSPS) is 18.2. The Labute approximate surface area is 184 Å². The predicted octanol–water partition coefficient (Wildman–Crippen LogP) is 3.41. The van der Waals surface area contributed by atoms with Crippen LogP contribution in [0.15, 0.2) is 39.7 Å². The van der Waals surface area contributed by atoms with Crippen molar-refractivity contribution < 1.29 is 23.5 Å². The van der Waals surface area contributed by atoms with Crippen LogP contribution in [0.5, 0.6) is 0 Å². The standard InChI is InChI=1S/C22H23N3O5S/c1-14-3-5-17(15(2)11-14)23-19(26)13-25-21(27)18(31-22(25)28)12-16-4-6-20(30-16)24-7-9-29-10-8-24/h3-6,11-12H,7-10,13H2,1-2H3,(H,23,26)/b18-12-. The summed E-state index contributed by atoms with van der Waals surface area (Å²) >= 11 is 0.800. The minimum Gasteiger partial charge on any atom is -0.441 e. The topological polar surface area (TPSA) is 92.1 Å². The first-order valence-corrected chi connectivity index (χ1v) is 10.8. The van der Waals surface area contributed by atoms with Crippen molar-refractivity contribution in [3.05, 3.63) is 52.1 Å². The van der Waals surface area contributed by atoms with Gasteiger partial charge in [-0.15, -0.1) is 0 Å². The van der Waals surface area contributed by atoms with Gasteiger partial charge in [0.15, 0.2) is 5.88 Å². The molecule has 0 atom stereocenters. The van der Waals surface area contributed by atoms with E-state index < -0.39 is 17.1 Å². The summed E-state index contributed by atoms with van der Waals surface area (Å²) in [5.41, 5.74) is 2.65. The first-order chi connectivity index (χ1) is 14.9. The van der Waals surface area contributed by atoms with Gasteiger partial charge in [-0.05, 0) is 43.3 Å². The van der Waals surface area contributed by atoms with E-state index in [0.29, 0.717) is 30.5 Å². The molecule has 1 aromatic carbocycles. The second-order valence-corrected chi connectivity index (χ2v) is 8.40. The van der Waals surface area contributed by atoms with Crippen molar-refractivity contribution >= 4 is 46.5 Å². The van der Waals surface area contributed by atoms with Crippen LogP contribution in [0.25, 0.3) is 6.08 Å². The molecule has 0 unspecified atom stereocenters. The molecule has 2 fully saturated rings. The van der Waals surface area contributed by atoms with Crippen molar-refractivity contribution in [2.75, 3.05) is 43.1 Å². The van der Waals surface area contributed by atoms with Gasteiger partial charge in [0, 0.05) is 30.9 Å². The van der Waals surface area contributed by atoms with E-state index in [1.807, 2.05) is 32.0 Å². The molecule has 4 rings (SSSR count). The van der Waals surface area contributed by atoms with E-state index in [0.717, 1.165) is 40.9 Å². The highest BCUT2D eigenvalue weighted by Gasteiger charge is 2.36. The fourth-order valence-electron chi connectivity index (χ4n) is 3.43. The molecule has 1 N–H and O–H groups in total. The van der Waals surface area contributed by atoms with Gasteiger partial charge in [0.05, 0.1) is 18.1 Å². The van der Waals surface area contributed by atoms with E-state index in [1.54, 1.807) is 12.1 Å². The van der Waals surface area contributed by atoms with Crippen LogP contribution in [-0.4, -0.2) is 54.8 Å². The number of carbonyl (C=O) groups is 3. The van der Waals surface area contributed by atoms with E-state index in [2.05, 4.69) is 10.2 Å². The zero-order valence-corrected chi connectivity index (χ0v) is 18.2. The molecule has 31 heavy (non-hydrogen) atoms. The van der Waals surface area contributed by atoms with Crippen LogP contribution in [0, 0.1) is 13.8 Å². The highest BCUT2D eigenvalue weighted by molar-refractivity contribution is 8.18. The Morgan fingerprint density at radius 1 is 1.16 bits per heavy atom. The number of hydrogen-bond acceptors (Lipinski definition) is 7. The van der Waals surface area contributed by atoms with Crippen molar-refractivity contribution in [2.45, 2.75) is 13.8 Å². The summed E-state index contributed by atoms with van der Waals surface area (Å²) in [6, 6.07) is 9.23. The van der Waals surface area contributed by atoms with Crippen molar-refractivity contribution in [3.63, 3.8) is 0 Å². The van der Waals surface area contributed by atoms with Gasteiger partial charge in [-0.1, -0.05) is 17.7 Å². The Hall–Kier alpha value is -3.04. The monoisotopic (exact) mass is 441 g/mol. The predicted molar refractivity (Wildman–Crippen MR) is 119 cm³/mol. The second kappa shape index (κ2) is 8.99. The third-order valence-corrected chi connectivity index (χ3v) is 5.95. The summed E-state index contributed by atoms with van der Waals surface area (Å²) in [4.78, 5) is 40.7. The molecule has 0 aliphatic carbocycles. The maximum absolute atomic E-state index is 12.7. The number of nitrogens with zero attached hydrogens (tertiary/aromatic N) is 2. The van der Waals surface area contributed by atoms with Gasteiger partial charge in [0.2, 0.25) is 5.91 Å². The van der Waals surface area contributed by atoms with Gasteiger partial charge in [-0.3, -0.25) is 19.3 Å². The molecule has 1 aromatic heterocycles. The maximum atomic E-state index is 12.7. The minimum atomic E-state index is -0.505. The minimum absolute atomic E-state index is 0.229. The molecule has 3 heterocycles. The van der Waals surface area contributed by atoms with E-state index in [-0.39, 0.29) is 11.4 Å². The number of thioether (sulfide) groups is 1. The average molecular weight is 442 g/mol. The number of morpholine rings is 1. The Morgan fingerprint density at radius 3 is 2.68 bits per heavy atom. The number of anilines is 2. The van der Waals surface area contributed by atoms with E-state index in [1.165, 1.54) is 6.08 Å². The van der Waals surface area contributed by atoms with Crippen molar-refractivity contribution in [1.29, 1.82) is 0 Å². The number of amides is 3. The Morgan fingerprint density at radius 2 is 1.94 bits per heavy atom. The molecule has 9 heteroatoms. The van der Waals surface area contributed by atoms with Gasteiger partial charge < -0.3 is 19.4 Å². The first-order valence-electron chi connectivity index (χ1n) is 9.96. The van der Waals surface area contributed by atoms with E-state index in [9.17, 15) is 14.4 Å². The molecule has 162 valence electrons. The van der Waals surface area contributed by atoms with Crippen molar-refractivity contribution in [1.82, 2.24) is 4.90 Å². The lowest BCUT2D eigenvalue weighted by Gasteiger charge is -2.26. The van der Waals surface area contributed by atoms with Crippen LogP contribution < -0.4 is 10.2 Å². The van der Waals surface area contributed by atoms with E-state index in [4.69, 9.17) is 9.15 Å². The number of benzene rings is 1. The molecular weight excluding hydrogens is 418 g/mol. The smallest absolute Gasteiger partial charge is 0.294 e. The molecule has 0 spiro atoms. The average Bonchev–Trinajstić information content (AvgIpc) is 3.31. The Balaban J connectivity index is 1.41. The first kappa shape index (κ1) is 21.2. The molecule has 2 aliphatic rings. The number of imide groups is 1. The summed E-state index contributed by atoms with van der Waals surface area (Å²) in [5, 5.41) is 2.28. The molecule has 2 aliphatic heterocycles. The van der Waals surface area contributed by atoms with Gasteiger partial charge in [0.1, 0.15) is 12.3 Å². The van der Waals surface area contributed by atoms with Gasteiger partial charge >= 0.3 is 0 Å². The lowest BCUT2D eigenvalue weighted by Crippen LogP contribution is -2.36. The fraction of sp³-hybridized carbons (Fsp3) is 0.318. The lowest BCUT2D eigenvalue weighted by molar-refractivity contribution is -0.127. The number of furan rings is 1. The van der Waals surface area contributed by atoms with Crippen LogP contribution in [0.2, 0.25) is 0 Å². The molecule has 3 amide bonds. The molecule has 0 saturated carbocycles. The summed E-state index contributed by atoms with van der Waals surface area (Å²) in [6.45, 7) is 6.26. The SMILES string of the molecule is Cc1ccc(NC(=O)CN2C(=O)S/C(=C\c3ccc(N4CCOCC4)o3)C2=O)c(C)c1. The van der Waals surface area contributed by atoms with Crippen molar-refractivity contribution in [3.8, 4) is 0 Å². The van der Waals surface area contributed by atoms with Crippen LogP contribution in [0.1, 0.15) is 16.9 Å². The zero-order chi connectivity index (χ0) is 22.0. The Bertz CT molecular complexity index is 1060. The molecular formula is C22H23N3O5S. The molecule has 8 nitrogen and oxygen atoms in total. The number of aryl methyl sites for hydroxylation is 2. The number of ether oxygens (including phenoxy) is 1. The lowest BCUT2D eigenvalue weighted by atomic mass is 10.1. The molecule has 2 aromatic rings. The Kier molecular flexibility index (Phi) is 6.15. The van der Waals surface area contributed by atoms with Gasteiger partial charge in [0.25, 0.3) is 11.1 Å². The zero-order valence-electron chi connectivity index (χ0n) is 17.3. The summed E-state index contributed by atoms with van der Waals surface area (Å²) in [7, 11) is 0. The highest BCUT2D eigenvalue weighted by Crippen LogP contribution is 2.33. The molecule has 0 radical (unpaired) electrons. The third kappa shape index (κ3) is 4.83. The van der Waals surface area contributed by atoms with Crippen LogP contribution in [-0.2, 0) is 14.3 Å². The summed E-state index contributed by atoms with van der Waals surface area (Å²) < 4.78 is 11.1. The van der Waals surface area contributed by atoms with Crippen LogP contribution in [0.3, 0.4) is 0 Å². The number of carbonyl (C=O) groups excluding carboxylic acids is 3. The second-order valence-electron chi connectivity index (χ2n) is 7.41. The van der Waals surface area contributed by atoms with Gasteiger partial charge in [-0.25, -0.2) is 0 Å². The van der Waals surface area contributed by atoms with Crippen LogP contribution in [0.4, 0.5) is 16.4 Å². The van der Waals surface area contributed by atoms with Crippen molar-refractivity contribution in [2.24, 2.45) is 0 Å². The maximum Gasteiger partial charge on any atom is 0.294 e. The number of hydrogen-bond donors (Lipinski definition) is 1.